The van der Waals surface area contributed by atoms with E-state index in [1.165, 1.54) is 5.56 Å². The Kier molecular flexibility index (Phi) is 6.63. The van der Waals surface area contributed by atoms with E-state index in [4.69, 9.17) is 0 Å². The smallest absolute Gasteiger partial charge is 0.0231 e. The van der Waals surface area contributed by atoms with Crippen LogP contribution in [0.4, 0.5) is 0 Å². The van der Waals surface area contributed by atoms with Crippen molar-refractivity contribution in [1.29, 1.82) is 0 Å². The van der Waals surface area contributed by atoms with Gasteiger partial charge in [0.15, 0.2) is 0 Å². The van der Waals surface area contributed by atoms with Crippen molar-refractivity contribution in [2.45, 2.75) is 6.54 Å². The van der Waals surface area contributed by atoms with Gasteiger partial charge in [-0.1, -0.05) is 30.3 Å². The van der Waals surface area contributed by atoms with Gasteiger partial charge in [-0.2, -0.15) is 0 Å². The fourth-order valence-electron chi connectivity index (χ4n) is 1.65. The number of likely N-dealkylation sites (N-methyl/N-ethyl adjacent to an activating group) is 2. The van der Waals surface area contributed by atoms with Crippen molar-refractivity contribution in [3.63, 3.8) is 0 Å². The molecule has 0 fully saturated rings. The van der Waals surface area contributed by atoms with E-state index in [1.807, 2.05) is 0 Å². The van der Waals surface area contributed by atoms with Crippen molar-refractivity contribution in [3.8, 4) is 0 Å². The summed E-state index contributed by atoms with van der Waals surface area (Å²) in [5.74, 6) is 0. The van der Waals surface area contributed by atoms with Gasteiger partial charge in [0.1, 0.15) is 0 Å². The van der Waals surface area contributed by atoms with E-state index in [2.05, 4.69) is 63.5 Å². The summed E-state index contributed by atoms with van der Waals surface area (Å²) in [6, 6.07) is 10.6. The Morgan fingerprint density at radius 3 is 2.19 bits per heavy atom. The van der Waals surface area contributed by atoms with Crippen molar-refractivity contribution in [2.75, 3.05) is 39.9 Å². The van der Waals surface area contributed by atoms with Gasteiger partial charge in [0.05, 0.1) is 0 Å². The first-order valence-corrected chi connectivity index (χ1v) is 6.65. The molecule has 2 nitrogen and oxygen atoms in total. The van der Waals surface area contributed by atoms with Crippen molar-refractivity contribution < 1.29 is 0 Å². The SMILES string of the molecule is CN(CCP)CCN(C)Cc1ccccc1. The average Bonchev–Trinajstić information content (AvgIpc) is 2.28. The minimum atomic E-state index is 1.04. The van der Waals surface area contributed by atoms with Crippen LogP contribution in [0.5, 0.6) is 0 Å². The summed E-state index contributed by atoms with van der Waals surface area (Å²) in [5.41, 5.74) is 1.39. The number of nitrogens with zero attached hydrogens (tertiary/aromatic N) is 2. The van der Waals surface area contributed by atoms with Gasteiger partial charge in [0.25, 0.3) is 0 Å². The van der Waals surface area contributed by atoms with Crippen LogP contribution in [-0.2, 0) is 6.54 Å². The summed E-state index contributed by atoms with van der Waals surface area (Å²) in [5, 5.41) is 0. The highest BCUT2D eigenvalue weighted by Crippen LogP contribution is 2.02. The lowest BCUT2D eigenvalue weighted by molar-refractivity contribution is 0.259. The molecule has 1 aromatic carbocycles. The first-order valence-electron chi connectivity index (χ1n) is 5.83. The molecule has 16 heavy (non-hydrogen) atoms. The lowest BCUT2D eigenvalue weighted by Crippen LogP contribution is -2.31. The summed E-state index contributed by atoms with van der Waals surface area (Å²) in [6.45, 7) is 4.45. The van der Waals surface area contributed by atoms with Gasteiger partial charge in [-0.05, 0) is 25.8 Å². The van der Waals surface area contributed by atoms with E-state index < -0.39 is 0 Å². The van der Waals surface area contributed by atoms with Gasteiger partial charge in [-0.3, -0.25) is 0 Å². The summed E-state index contributed by atoms with van der Waals surface area (Å²) >= 11 is 0. The molecule has 1 aromatic rings. The fraction of sp³-hybridized carbons (Fsp3) is 0.538. The van der Waals surface area contributed by atoms with Crippen LogP contribution in [0.3, 0.4) is 0 Å². The Labute approximate surface area is 102 Å². The Balaban J connectivity index is 2.23. The fourth-order valence-corrected chi connectivity index (χ4v) is 2.09. The molecule has 1 unspecified atom stereocenters. The molecule has 0 saturated carbocycles. The zero-order chi connectivity index (χ0) is 11.8. The second kappa shape index (κ2) is 7.78. The predicted octanol–water partition coefficient (Wildman–Crippen LogP) is 1.93. The van der Waals surface area contributed by atoms with E-state index in [9.17, 15) is 0 Å². The van der Waals surface area contributed by atoms with E-state index in [1.54, 1.807) is 0 Å². The van der Waals surface area contributed by atoms with Gasteiger partial charge >= 0.3 is 0 Å². The zero-order valence-electron chi connectivity index (χ0n) is 10.4. The second-order valence-corrected chi connectivity index (χ2v) is 4.89. The van der Waals surface area contributed by atoms with Crippen LogP contribution in [0.15, 0.2) is 30.3 Å². The Morgan fingerprint density at radius 1 is 0.938 bits per heavy atom. The van der Waals surface area contributed by atoms with Crippen LogP contribution in [0.1, 0.15) is 5.56 Å². The minimum Gasteiger partial charge on any atom is -0.305 e. The first kappa shape index (κ1) is 13.6. The van der Waals surface area contributed by atoms with Crippen LogP contribution in [0, 0.1) is 0 Å². The molecule has 0 aromatic heterocycles. The van der Waals surface area contributed by atoms with E-state index in [-0.39, 0.29) is 0 Å². The molecule has 0 N–H and O–H groups in total. The minimum absolute atomic E-state index is 1.04. The highest BCUT2D eigenvalue weighted by atomic mass is 31.0. The molecule has 1 atom stereocenters. The molecule has 0 aliphatic rings. The summed E-state index contributed by atoms with van der Waals surface area (Å²) < 4.78 is 0. The van der Waals surface area contributed by atoms with E-state index in [0.717, 1.165) is 32.3 Å². The van der Waals surface area contributed by atoms with Crippen molar-refractivity contribution in [3.05, 3.63) is 35.9 Å². The summed E-state index contributed by atoms with van der Waals surface area (Å²) in [4.78, 5) is 4.74. The van der Waals surface area contributed by atoms with E-state index >= 15 is 0 Å². The average molecular weight is 238 g/mol. The third-order valence-corrected chi connectivity index (χ3v) is 2.93. The third kappa shape index (κ3) is 5.60. The number of hydrogen-bond donors (Lipinski definition) is 0. The Bertz CT molecular complexity index is 277. The summed E-state index contributed by atoms with van der Waals surface area (Å²) in [6.07, 6.45) is 1.15. The van der Waals surface area contributed by atoms with Gasteiger partial charge in [-0.25, -0.2) is 0 Å². The molecule has 90 valence electrons. The normalized spacial score (nSPS) is 11.3. The van der Waals surface area contributed by atoms with Crippen LogP contribution < -0.4 is 0 Å². The highest BCUT2D eigenvalue weighted by molar-refractivity contribution is 7.16. The molecule has 0 amide bonds. The van der Waals surface area contributed by atoms with Gasteiger partial charge in [0, 0.05) is 26.2 Å². The lowest BCUT2D eigenvalue weighted by Gasteiger charge is -2.21. The molecule has 0 aliphatic heterocycles. The van der Waals surface area contributed by atoms with Crippen LogP contribution >= 0.6 is 9.24 Å². The lowest BCUT2D eigenvalue weighted by atomic mass is 10.2. The maximum absolute atomic E-state index is 2.77. The van der Waals surface area contributed by atoms with Crippen molar-refractivity contribution in [1.82, 2.24) is 9.80 Å². The Hall–Kier alpha value is -0.430. The topological polar surface area (TPSA) is 6.48 Å². The van der Waals surface area contributed by atoms with Gasteiger partial charge in [0.2, 0.25) is 0 Å². The molecule has 3 heteroatoms. The van der Waals surface area contributed by atoms with Crippen molar-refractivity contribution in [2.24, 2.45) is 0 Å². The molecule has 1 rings (SSSR count). The maximum atomic E-state index is 2.77. The molecular formula is C13H23N2P. The molecule has 0 aliphatic carbocycles. The second-order valence-electron chi connectivity index (χ2n) is 4.32. The standard InChI is InChI=1S/C13H23N2P/c1-14(10-11-16)8-9-15(2)12-13-6-4-3-5-7-13/h3-7H,8-12,16H2,1-2H3. The van der Waals surface area contributed by atoms with Gasteiger partial charge < -0.3 is 9.80 Å². The van der Waals surface area contributed by atoms with Gasteiger partial charge in [-0.15, -0.1) is 9.24 Å². The highest BCUT2D eigenvalue weighted by Gasteiger charge is 2.01. The van der Waals surface area contributed by atoms with E-state index in [0.29, 0.717) is 0 Å². The predicted molar refractivity (Wildman–Crippen MR) is 74.9 cm³/mol. The van der Waals surface area contributed by atoms with Crippen LogP contribution in [0.2, 0.25) is 0 Å². The Morgan fingerprint density at radius 2 is 1.56 bits per heavy atom. The molecule has 0 radical (unpaired) electrons. The number of benzene rings is 1. The monoisotopic (exact) mass is 238 g/mol. The van der Waals surface area contributed by atoms with Crippen LogP contribution in [0.25, 0.3) is 0 Å². The zero-order valence-corrected chi connectivity index (χ0v) is 11.5. The largest absolute Gasteiger partial charge is 0.305 e. The molecule has 0 heterocycles. The molecule has 0 bridgehead atoms. The summed E-state index contributed by atoms with van der Waals surface area (Å²) in [7, 11) is 7.14. The molecular weight excluding hydrogens is 215 g/mol. The molecule has 0 spiro atoms. The van der Waals surface area contributed by atoms with Crippen LogP contribution in [-0.4, -0.2) is 49.7 Å². The third-order valence-electron chi connectivity index (χ3n) is 2.67. The number of hydrogen-bond acceptors (Lipinski definition) is 2. The maximum Gasteiger partial charge on any atom is 0.0231 e. The van der Waals surface area contributed by atoms with Crippen molar-refractivity contribution >= 4 is 9.24 Å². The number of rotatable bonds is 7. The first-order chi connectivity index (χ1) is 7.72. The molecule has 0 saturated heterocycles. The quantitative estimate of drug-likeness (QED) is 0.670.